The zero-order chi connectivity index (χ0) is 17.6. The minimum absolute atomic E-state index is 0.0355. The van der Waals surface area contributed by atoms with Crippen LogP contribution in [0.4, 0.5) is 0 Å². The van der Waals surface area contributed by atoms with Crippen molar-refractivity contribution in [3.63, 3.8) is 0 Å². The molecule has 6 heteroatoms. The molecule has 0 unspecified atom stereocenters. The minimum atomic E-state index is -4.32. The third-order valence-electron chi connectivity index (χ3n) is 3.72. The van der Waals surface area contributed by atoms with Crippen LogP contribution in [-0.2, 0) is 16.5 Å². The van der Waals surface area contributed by atoms with Crippen molar-refractivity contribution in [1.82, 2.24) is 0 Å². The molecule has 2 aromatic carbocycles. The molecule has 2 N–H and O–H groups in total. The molecular formula is C18H22O5S. The molecule has 24 heavy (non-hydrogen) atoms. The molecule has 0 aliphatic rings. The normalized spacial score (nSPS) is 11.4. The number of ether oxygens (including phenoxy) is 1. The van der Waals surface area contributed by atoms with E-state index in [0.29, 0.717) is 5.75 Å². The standard InChI is InChI=1S/C18H22O5S/c1-2-3-4-5-8-14-11-12-15(24(20,21)22)13-18(14)23-17-10-7-6-9-16(17)19/h6-7,9-13,19H,2-5,8H2,1H3,(H,20,21,22). The van der Waals surface area contributed by atoms with Gasteiger partial charge in [-0.3, -0.25) is 4.55 Å². The number of rotatable bonds is 8. The van der Waals surface area contributed by atoms with E-state index in [9.17, 15) is 18.1 Å². The Bertz CT molecular complexity index is 784. The summed E-state index contributed by atoms with van der Waals surface area (Å²) in [7, 11) is -4.32. The van der Waals surface area contributed by atoms with Crippen LogP contribution in [0.2, 0.25) is 0 Å². The van der Waals surface area contributed by atoms with Gasteiger partial charge in [0, 0.05) is 6.07 Å². The summed E-state index contributed by atoms with van der Waals surface area (Å²) >= 11 is 0. The first kappa shape index (κ1) is 18.3. The number of hydrogen-bond donors (Lipinski definition) is 2. The van der Waals surface area contributed by atoms with Crippen LogP contribution in [0, 0.1) is 0 Å². The van der Waals surface area contributed by atoms with Gasteiger partial charge in [-0.2, -0.15) is 8.42 Å². The van der Waals surface area contributed by atoms with Crippen molar-refractivity contribution in [2.75, 3.05) is 0 Å². The molecule has 0 amide bonds. The summed E-state index contributed by atoms with van der Waals surface area (Å²) in [5.74, 6) is 0.523. The van der Waals surface area contributed by atoms with Crippen molar-refractivity contribution < 1.29 is 22.8 Å². The monoisotopic (exact) mass is 350 g/mol. The van der Waals surface area contributed by atoms with Crippen molar-refractivity contribution in [2.45, 2.75) is 43.9 Å². The van der Waals surface area contributed by atoms with Crippen LogP contribution in [0.3, 0.4) is 0 Å². The van der Waals surface area contributed by atoms with Gasteiger partial charge in [0.05, 0.1) is 4.90 Å². The third kappa shape index (κ3) is 4.97. The van der Waals surface area contributed by atoms with Crippen LogP contribution in [0.1, 0.15) is 38.2 Å². The van der Waals surface area contributed by atoms with Crippen molar-refractivity contribution >= 4 is 10.1 Å². The summed E-state index contributed by atoms with van der Waals surface area (Å²) in [6, 6.07) is 10.8. The van der Waals surface area contributed by atoms with Gasteiger partial charge in [-0.15, -0.1) is 0 Å². The molecule has 130 valence electrons. The molecular weight excluding hydrogens is 328 g/mol. The van der Waals surface area contributed by atoms with Gasteiger partial charge in [0.2, 0.25) is 0 Å². The van der Waals surface area contributed by atoms with E-state index in [-0.39, 0.29) is 16.4 Å². The van der Waals surface area contributed by atoms with Gasteiger partial charge in [-0.05, 0) is 36.6 Å². The Morgan fingerprint density at radius 2 is 1.75 bits per heavy atom. The van der Waals surface area contributed by atoms with Gasteiger partial charge >= 0.3 is 0 Å². The molecule has 0 aromatic heterocycles. The highest BCUT2D eigenvalue weighted by molar-refractivity contribution is 7.85. The van der Waals surface area contributed by atoms with Gasteiger partial charge in [-0.1, -0.05) is 44.4 Å². The van der Waals surface area contributed by atoms with Crippen LogP contribution in [0.15, 0.2) is 47.4 Å². The highest BCUT2D eigenvalue weighted by Crippen LogP contribution is 2.34. The predicted molar refractivity (Wildman–Crippen MR) is 92.3 cm³/mol. The highest BCUT2D eigenvalue weighted by Gasteiger charge is 2.15. The third-order valence-corrected chi connectivity index (χ3v) is 4.57. The first-order valence-electron chi connectivity index (χ1n) is 7.98. The van der Waals surface area contributed by atoms with E-state index in [1.165, 1.54) is 18.2 Å². The second-order valence-corrected chi connectivity index (χ2v) is 7.05. The van der Waals surface area contributed by atoms with Crippen LogP contribution in [-0.4, -0.2) is 18.1 Å². The van der Waals surface area contributed by atoms with Crippen molar-refractivity contribution in [3.05, 3.63) is 48.0 Å². The lowest BCUT2D eigenvalue weighted by atomic mass is 10.1. The highest BCUT2D eigenvalue weighted by atomic mass is 32.2. The fourth-order valence-corrected chi connectivity index (χ4v) is 2.90. The maximum atomic E-state index is 11.4. The number of unbranched alkanes of at least 4 members (excludes halogenated alkanes) is 3. The van der Waals surface area contributed by atoms with E-state index >= 15 is 0 Å². The van der Waals surface area contributed by atoms with Crippen LogP contribution >= 0.6 is 0 Å². The maximum absolute atomic E-state index is 11.4. The smallest absolute Gasteiger partial charge is 0.294 e. The summed E-state index contributed by atoms with van der Waals surface area (Å²) in [5, 5.41) is 9.85. The molecule has 2 aromatic rings. The molecule has 0 bridgehead atoms. The summed E-state index contributed by atoms with van der Waals surface area (Å²) in [6.45, 7) is 2.13. The number of hydrogen-bond acceptors (Lipinski definition) is 4. The van der Waals surface area contributed by atoms with Crippen LogP contribution in [0.5, 0.6) is 17.2 Å². The Labute approximate surface area is 142 Å². The minimum Gasteiger partial charge on any atom is -0.504 e. The van der Waals surface area contributed by atoms with E-state index in [0.717, 1.165) is 37.7 Å². The van der Waals surface area contributed by atoms with E-state index in [4.69, 9.17) is 4.74 Å². The van der Waals surface area contributed by atoms with Gasteiger partial charge in [0.15, 0.2) is 11.5 Å². The maximum Gasteiger partial charge on any atom is 0.294 e. The lowest BCUT2D eigenvalue weighted by Crippen LogP contribution is -2.01. The van der Waals surface area contributed by atoms with Gasteiger partial charge in [0.25, 0.3) is 10.1 Å². The second kappa shape index (κ2) is 8.17. The lowest BCUT2D eigenvalue weighted by Gasteiger charge is -2.13. The van der Waals surface area contributed by atoms with Gasteiger partial charge in [-0.25, -0.2) is 0 Å². The molecule has 0 spiro atoms. The Morgan fingerprint density at radius 1 is 1.00 bits per heavy atom. The summed E-state index contributed by atoms with van der Waals surface area (Å²) in [6.07, 6.45) is 5.03. The number of aromatic hydroxyl groups is 1. The first-order chi connectivity index (χ1) is 11.4. The number of phenolic OH excluding ortho intramolecular Hbond substituents is 1. The Balaban J connectivity index is 2.31. The van der Waals surface area contributed by atoms with Crippen molar-refractivity contribution in [2.24, 2.45) is 0 Å². The molecule has 2 rings (SSSR count). The topological polar surface area (TPSA) is 83.8 Å². The summed E-state index contributed by atoms with van der Waals surface area (Å²) in [5.41, 5.74) is 0.835. The van der Waals surface area contributed by atoms with Crippen molar-refractivity contribution in [3.8, 4) is 17.2 Å². The largest absolute Gasteiger partial charge is 0.504 e. The van der Waals surface area contributed by atoms with Crippen LogP contribution in [0.25, 0.3) is 0 Å². The van der Waals surface area contributed by atoms with E-state index in [1.807, 2.05) is 0 Å². The molecule has 0 heterocycles. The zero-order valence-electron chi connectivity index (χ0n) is 13.6. The molecule has 0 aliphatic heterocycles. The van der Waals surface area contributed by atoms with Gasteiger partial charge < -0.3 is 9.84 Å². The summed E-state index contributed by atoms with van der Waals surface area (Å²) < 4.78 is 37.7. The average Bonchev–Trinajstić information content (AvgIpc) is 2.54. The number of aryl methyl sites for hydroxylation is 1. The molecule has 0 atom stereocenters. The average molecular weight is 350 g/mol. The van der Waals surface area contributed by atoms with Gasteiger partial charge in [0.1, 0.15) is 5.75 Å². The SMILES string of the molecule is CCCCCCc1ccc(S(=O)(=O)O)cc1Oc1ccccc1O. The second-order valence-electron chi connectivity index (χ2n) is 5.63. The molecule has 0 saturated carbocycles. The predicted octanol–water partition coefficient (Wildman–Crippen LogP) is 4.55. The molecule has 5 nitrogen and oxygen atoms in total. The van der Waals surface area contributed by atoms with Crippen molar-refractivity contribution in [1.29, 1.82) is 0 Å². The molecule has 0 radical (unpaired) electrons. The Kier molecular flexibility index (Phi) is 6.23. The molecule has 0 fully saturated rings. The molecule has 0 aliphatic carbocycles. The Hall–Kier alpha value is -2.05. The number of phenols is 1. The summed E-state index contributed by atoms with van der Waals surface area (Å²) in [4.78, 5) is -0.231. The number of benzene rings is 2. The van der Waals surface area contributed by atoms with E-state index in [2.05, 4.69) is 6.92 Å². The van der Waals surface area contributed by atoms with E-state index in [1.54, 1.807) is 24.3 Å². The molecule has 0 saturated heterocycles. The fraction of sp³-hybridized carbons (Fsp3) is 0.333. The van der Waals surface area contributed by atoms with E-state index < -0.39 is 10.1 Å². The van der Waals surface area contributed by atoms with Crippen LogP contribution < -0.4 is 4.74 Å². The first-order valence-corrected chi connectivity index (χ1v) is 9.42. The lowest BCUT2D eigenvalue weighted by molar-refractivity contribution is 0.407. The number of para-hydroxylation sites is 2. The quantitative estimate of drug-likeness (QED) is 0.539. The Morgan fingerprint density at radius 3 is 2.42 bits per heavy atom. The fourth-order valence-electron chi connectivity index (χ4n) is 2.40. The zero-order valence-corrected chi connectivity index (χ0v) is 14.4.